The summed E-state index contributed by atoms with van der Waals surface area (Å²) in [7, 11) is -3.92. The van der Waals surface area contributed by atoms with Gasteiger partial charge in [-0.2, -0.15) is 0 Å². The van der Waals surface area contributed by atoms with Crippen molar-refractivity contribution in [1.82, 2.24) is 0 Å². The third-order valence-electron chi connectivity index (χ3n) is 4.15. The van der Waals surface area contributed by atoms with Crippen LogP contribution < -0.4 is 9.04 Å². The molecule has 0 N–H and O–H groups in total. The number of anilines is 1. The number of hydrogen-bond donors (Lipinski definition) is 0. The number of hydrogen-bond acceptors (Lipinski definition) is 3. The zero-order valence-electron chi connectivity index (χ0n) is 13.6. The fourth-order valence-corrected chi connectivity index (χ4v) is 4.84. The monoisotopic (exact) mass is 439 g/mol. The Morgan fingerprint density at radius 3 is 2.26 bits per heavy atom. The Kier molecular flexibility index (Phi) is 4.72. The smallest absolute Gasteiger partial charge is 0.267 e. The SMILES string of the molecule is O=S(=O)(c1ccc(Cl)cc1)N1c2ccccc2OC1c1ccc(Cl)c(Cl)c1. The Bertz CT molecular complexity index is 1120. The summed E-state index contributed by atoms with van der Waals surface area (Å²) < 4.78 is 34.0. The molecule has 0 aromatic heterocycles. The molecule has 8 heteroatoms. The molecule has 0 amide bonds. The Morgan fingerprint density at radius 1 is 0.852 bits per heavy atom. The second-order valence-electron chi connectivity index (χ2n) is 5.87. The molecule has 0 aliphatic carbocycles. The normalized spacial score (nSPS) is 16.1. The van der Waals surface area contributed by atoms with Gasteiger partial charge in [-0.1, -0.05) is 53.0 Å². The molecule has 0 radical (unpaired) electrons. The Labute approximate surface area is 171 Å². The van der Waals surface area contributed by atoms with Gasteiger partial charge in [0.2, 0.25) is 6.23 Å². The van der Waals surface area contributed by atoms with E-state index in [0.29, 0.717) is 32.1 Å². The first-order valence-corrected chi connectivity index (χ1v) is 10.5. The molecule has 138 valence electrons. The van der Waals surface area contributed by atoms with Crippen LogP contribution in [0, 0.1) is 0 Å². The molecule has 0 saturated carbocycles. The highest BCUT2D eigenvalue weighted by Gasteiger charge is 2.41. The highest BCUT2D eigenvalue weighted by Crippen LogP contribution is 2.47. The van der Waals surface area contributed by atoms with Gasteiger partial charge in [-0.05, 0) is 48.5 Å². The zero-order valence-corrected chi connectivity index (χ0v) is 16.7. The van der Waals surface area contributed by atoms with Crippen LogP contribution in [0.15, 0.2) is 71.6 Å². The lowest BCUT2D eigenvalue weighted by molar-refractivity contribution is 0.245. The minimum atomic E-state index is -3.92. The Morgan fingerprint density at radius 2 is 1.56 bits per heavy atom. The van der Waals surface area contributed by atoms with Crippen molar-refractivity contribution >= 4 is 50.5 Å². The molecular formula is C19H12Cl3NO3S. The summed E-state index contributed by atoms with van der Waals surface area (Å²) in [5.74, 6) is 0.464. The molecule has 3 aromatic carbocycles. The van der Waals surface area contributed by atoms with E-state index in [1.165, 1.54) is 28.6 Å². The van der Waals surface area contributed by atoms with Crippen molar-refractivity contribution < 1.29 is 13.2 Å². The van der Waals surface area contributed by atoms with Gasteiger partial charge in [-0.25, -0.2) is 12.7 Å². The van der Waals surface area contributed by atoms with Crippen molar-refractivity contribution in [3.05, 3.63) is 87.4 Å². The quantitative estimate of drug-likeness (QED) is 0.507. The summed E-state index contributed by atoms with van der Waals surface area (Å²) in [6.07, 6.45) is -0.905. The van der Waals surface area contributed by atoms with Gasteiger partial charge in [0, 0.05) is 10.6 Å². The van der Waals surface area contributed by atoms with E-state index >= 15 is 0 Å². The zero-order chi connectivity index (χ0) is 19.2. The molecule has 1 atom stereocenters. The molecule has 4 nitrogen and oxygen atoms in total. The second kappa shape index (κ2) is 6.91. The third kappa shape index (κ3) is 3.25. The standard InChI is InChI=1S/C19H12Cl3NO3S/c20-13-6-8-14(9-7-13)27(24,25)23-17-3-1-2-4-18(17)26-19(23)12-5-10-15(21)16(22)11-12/h1-11,19H. The lowest BCUT2D eigenvalue weighted by atomic mass is 10.2. The lowest BCUT2D eigenvalue weighted by Gasteiger charge is -2.25. The summed E-state index contributed by atoms with van der Waals surface area (Å²) >= 11 is 18.0. The summed E-state index contributed by atoms with van der Waals surface area (Å²) in [6, 6.07) is 17.8. The molecule has 0 fully saturated rings. The molecule has 0 saturated heterocycles. The molecule has 3 aromatic rings. The van der Waals surface area contributed by atoms with Crippen molar-refractivity contribution in [3.8, 4) is 5.75 Å². The summed E-state index contributed by atoms with van der Waals surface area (Å²) in [5.41, 5.74) is 1.02. The van der Waals surface area contributed by atoms with Crippen molar-refractivity contribution in [2.45, 2.75) is 11.1 Å². The van der Waals surface area contributed by atoms with E-state index in [9.17, 15) is 8.42 Å². The highest BCUT2D eigenvalue weighted by atomic mass is 35.5. The fraction of sp³-hybridized carbons (Fsp3) is 0.0526. The number of rotatable bonds is 3. The fourth-order valence-electron chi connectivity index (χ4n) is 2.88. The molecule has 1 heterocycles. The van der Waals surface area contributed by atoms with Crippen molar-refractivity contribution in [2.75, 3.05) is 4.31 Å². The largest absolute Gasteiger partial charge is 0.463 e. The van der Waals surface area contributed by atoms with E-state index in [-0.39, 0.29) is 4.90 Å². The van der Waals surface area contributed by atoms with Crippen LogP contribution >= 0.6 is 34.8 Å². The van der Waals surface area contributed by atoms with Gasteiger partial charge >= 0.3 is 0 Å². The molecule has 4 rings (SSSR count). The first-order chi connectivity index (χ1) is 12.9. The molecular weight excluding hydrogens is 429 g/mol. The van der Waals surface area contributed by atoms with Crippen LogP contribution in [0.5, 0.6) is 5.75 Å². The first kappa shape index (κ1) is 18.4. The van der Waals surface area contributed by atoms with E-state index in [4.69, 9.17) is 39.5 Å². The number of nitrogens with zero attached hydrogens (tertiary/aromatic N) is 1. The summed E-state index contributed by atoms with van der Waals surface area (Å²) in [6.45, 7) is 0. The van der Waals surface area contributed by atoms with Gasteiger partial charge in [0.25, 0.3) is 10.0 Å². The van der Waals surface area contributed by atoms with Gasteiger partial charge in [-0.15, -0.1) is 0 Å². The molecule has 0 spiro atoms. The Hall–Kier alpha value is -1.92. The number of benzene rings is 3. The van der Waals surface area contributed by atoms with Gasteiger partial charge < -0.3 is 4.74 Å². The van der Waals surface area contributed by atoms with E-state index in [2.05, 4.69) is 0 Å². The molecule has 1 aliphatic heterocycles. The van der Waals surface area contributed by atoms with Gasteiger partial charge in [0.15, 0.2) is 0 Å². The summed E-state index contributed by atoms with van der Waals surface area (Å²) in [4.78, 5) is 0.109. The van der Waals surface area contributed by atoms with Gasteiger partial charge in [0.05, 0.1) is 20.6 Å². The maximum absolute atomic E-state index is 13.4. The van der Waals surface area contributed by atoms with Crippen molar-refractivity contribution in [1.29, 1.82) is 0 Å². The topological polar surface area (TPSA) is 46.6 Å². The molecule has 27 heavy (non-hydrogen) atoms. The van der Waals surface area contributed by atoms with E-state index < -0.39 is 16.3 Å². The number of sulfonamides is 1. The van der Waals surface area contributed by atoms with Gasteiger partial charge in [-0.3, -0.25) is 0 Å². The van der Waals surface area contributed by atoms with Crippen LogP contribution in [-0.2, 0) is 10.0 Å². The molecule has 1 aliphatic rings. The third-order valence-corrected chi connectivity index (χ3v) is 6.92. The van der Waals surface area contributed by atoms with Crippen LogP contribution in [0.25, 0.3) is 0 Å². The van der Waals surface area contributed by atoms with E-state index in [0.717, 1.165) is 0 Å². The van der Waals surface area contributed by atoms with Crippen molar-refractivity contribution in [3.63, 3.8) is 0 Å². The molecule has 0 bridgehead atoms. The second-order valence-corrected chi connectivity index (χ2v) is 8.93. The average Bonchev–Trinajstić information content (AvgIpc) is 3.04. The predicted molar refractivity (Wildman–Crippen MR) is 107 cm³/mol. The van der Waals surface area contributed by atoms with Crippen LogP contribution in [0.1, 0.15) is 11.8 Å². The van der Waals surface area contributed by atoms with Crippen molar-refractivity contribution in [2.24, 2.45) is 0 Å². The highest BCUT2D eigenvalue weighted by molar-refractivity contribution is 7.92. The number of para-hydroxylation sites is 2. The molecule has 1 unspecified atom stereocenters. The first-order valence-electron chi connectivity index (χ1n) is 7.88. The van der Waals surface area contributed by atoms with E-state index in [1.54, 1.807) is 42.5 Å². The van der Waals surface area contributed by atoms with E-state index in [1.807, 2.05) is 0 Å². The Balaban J connectivity index is 1.87. The maximum atomic E-state index is 13.4. The maximum Gasteiger partial charge on any atom is 0.267 e. The lowest BCUT2D eigenvalue weighted by Crippen LogP contribution is -2.33. The minimum Gasteiger partial charge on any atom is -0.463 e. The van der Waals surface area contributed by atoms with Crippen LogP contribution in [0.4, 0.5) is 5.69 Å². The summed E-state index contributed by atoms with van der Waals surface area (Å²) in [5, 5.41) is 1.15. The number of fused-ring (bicyclic) bond motifs is 1. The number of ether oxygens (including phenoxy) is 1. The average molecular weight is 441 g/mol. The van der Waals surface area contributed by atoms with Gasteiger partial charge in [0.1, 0.15) is 5.75 Å². The predicted octanol–water partition coefficient (Wildman–Crippen LogP) is 5.93. The minimum absolute atomic E-state index is 0.109. The van der Waals surface area contributed by atoms with Crippen LogP contribution in [0.3, 0.4) is 0 Å². The number of halogens is 3. The van der Waals surface area contributed by atoms with Crippen LogP contribution in [0.2, 0.25) is 15.1 Å². The van der Waals surface area contributed by atoms with Crippen LogP contribution in [-0.4, -0.2) is 8.42 Å².